The maximum atomic E-state index is 8.44. The van der Waals surface area contributed by atoms with Gasteiger partial charge in [0.2, 0.25) is 5.88 Å². The minimum Gasteiger partial charge on any atom is -0.481 e. The Bertz CT molecular complexity index is 319. The van der Waals surface area contributed by atoms with Crippen molar-refractivity contribution in [3.63, 3.8) is 0 Å². The fourth-order valence-electron chi connectivity index (χ4n) is 0.791. The zero-order valence-corrected chi connectivity index (χ0v) is 7.30. The zero-order chi connectivity index (χ0) is 8.97. The van der Waals surface area contributed by atoms with Crippen LogP contribution >= 0.6 is 11.6 Å². The Morgan fingerprint density at radius 3 is 3.08 bits per heavy atom. The van der Waals surface area contributed by atoms with Gasteiger partial charge in [-0.25, -0.2) is 4.98 Å². The number of hydrogen-bond acceptors (Lipinski definition) is 3. The van der Waals surface area contributed by atoms with Crippen molar-refractivity contribution in [2.75, 3.05) is 7.11 Å². The van der Waals surface area contributed by atoms with E-state index in [9.17, 15) is 0 Å². The van der Waals surface area contributed by atoms with E-state index in [-0.39, 0.29) is 6.42 Å². The van der Waals surface area contributed by atoms with Crippen molar-refractivity contribution in [2.24, 2.45) is 0 Å². The summed E-state index contributed by atoms with van der Waals surface area (Å²) in [7, 11) is 1.52. The first-order chi connectivity index (χ1) is 5.77. The minimum absolute atomic E-state index is 0.276. The molecule has 0 unspecified atom stereocenters. The number of halogens is 1. The Morgan fingerprint density at radius 2 is 2.50 bits per heavy atom. The average Bonchev–Trinajstić information content (AvgIpc) is 2.09. The van der Waals surface area contributed by atoms with Crippen LogP contribution in [0.5, 0.6) is 5.88 Å². The van der Waals surface area contributed by atoms with Crippen molar-refractivity contribution in [3.8, 4) is 11.9 Å². The number of ether oxygens (including phenoxy) is 1. The number of hydrogen-bond donors (Lipinski definition) is 0. The minimum atomic E-state index is 0.276. The third-order valence-electron chi connectivity index (χ3n) is 1.39. The van der Waals surface area contributed by atoms with E-state index in [1.54, 1.807) is 6.07 Å². The summed E-state index contributed by atoms with van der Waals surface area (Å²) in [5, 5.41) is 8.94. The van der Waals surface area contributed by atoms with Crippen molar-refractivity contribution >= 4 is 11.6 Å². The van der Waals surface area contributed by atoms with E-state index in [4.69, 9.17) is 21.6 Å². The number of pyridine rings is 1. The van der Waals surface area contributed by atoms with Crippen LogP contribution < -0.4 is 4.74 Å². The highest BCUT2D eigenvalue weighted by Crippen LogP contribution is 2.18. The molecule has 0 aromatic carbocycles. The van der Waals surface area contributed by atoms with Crippen LogP contribution in [-0.2, 0) is 6.42 Å². The van der Waals surface area contributed by atoms with E-state index < -0.39 is 0 Å². The number of aromatic nitrogens is 1. The largest absolute Gasteiger partial charge is 0.481 e. The summed E-state index contributed by atoms with van der Waals surface area (Å²) in [5.74, 6) is 0.477. The van der Waals surface area contributed by atoms with Gasteiger partial charge in [0.05, 0.1) is 24.6 Å². The molecule has 0 bridgehead atoms. The lowest BCUT2D eigenvalue weighted by atomic mass is 10.2. The number of methoxy groups -OCH3 is 1. The summed E-state index contributed by atoms with van der Waals surface area (Å²) in [4.78, 5) is 3.88. The van der Waals surface area contributed by atoms with E-state index in [2.05, 4.69) is 4.98 Å². The van der Waals surface area contributed by atoms with E-state index in [1.807, 2.05) is 6.07 Å². The predicted octanol–water partition coefficient (Wildman–Crippen LogP) is 1.81. The summed E-state index contributed by atoms with van der Waals surface area (Å²) in [6, 6.07) is 3.67. The van der Waals surface area contributed by atoms with Gasteiger partial charge in [0.25, 0.3) is 0 Å². The molecular formula is C8H7ClN2O. The van der Waals surface area contributed by atoms with Gasteiger partial charge in [-0.2, -0.15) is 5.26 Å². The number of nitriles is 1. The molecule has 0 radical (unpaired) electrons. The highest BCUT2D eigenvalue weighted by atomic mass is 35.5. The average molecular weight is 183 g/mol. The quantitative estimate of drug-likeness (QED) is 0.701. The van der Waals surface area contributed by atoms with E-state index in [0.29, 0.717) is 10.9 Å². The first-order valence-electron chi connectivity index (χ1n) is 3.33. The van der Waals surface area contributed by atoms with Gasteiger partial charge in [0.1, 0.15) is 0 Å². The van der Waals surface area contributed by atoms with Gasteiger partial charge in [-0.1, -0.05) is 11.6 Å². The van der Waals surface area contributed by atoms with Crippen molar-refractivity contribution in [3.05, 3.63) is 22.8 Å². The summed E-state index contributed by atoms with van der Waals surface area (Å²) >= 11 is 5.76. The molecule has 3 nitrogen and oxygen atoms in total. The monoisotopic (exact) mass is 182 g/mol. The second-order valence-corrected chi connectivity index (χ2v) is 2.56. The Hall–Kier alpha value is -1.27. The van der Waals surface area contributed by atoms with Gasteiger partial charge in [0.15, 0.2) is 0 Å². The molecule has 0 spiro atoms. The second-order valence-electron chi connectivity index (χ2n) is 2.15. The summed E-state index contributed by atoms with van der Waals surface area (Å²) < 4.78 is 4.88. The molecule has 1 heterocycles. The molecule has 12 heavy (non-hydrogen) atoms. The number of nitrogens with zero attached hydrogens (tertiary/aromatic N) is 2. The molecule has 4 heteroatoms. The molecule has 62 valence electrons. The first kappa shape index (κ1) is 8.82. The van der Waals surface area contributed by atoms with Crippen LogP contribution in [0.15, 0.2) is 12.3 Å². The van der Waals surface area contributed by atoms with E-state index in [0.717, 1.165) is 5.56 Å². The molecular weight excluding hydrogens is 176 g/mol. The van der Waals surface area contributed by atoms with Crippen LogP contribution in [0.25, 0.3) is 0 Å². The van der Waals surface area contributed by atoms with Crippen LogP contribution in [-0.4, -0.2) is 12.1 Å². The van der Waals surface area contributed by atoms with Crippen molar-refractivity contribution in [2.45, 2.75) is 6.42 Å². The van der Waals surface area contributed by atoms with E-state index >= 15 is 0 Å². The van der Waals surface area contributed by atoms with Crippen LogP contribution in [0.1, 0.15) is 5.56 Å². The predicted molar refractivity (Wildman–Crippen MR) is 45.1 cm³/mol. The van der Waals surface area contributed by atoms with Gasteiger partial charge in [0, 0.05) is 12.3 Å². The standard InChI is InChI=1S/C8H7ClN2O/c1-12-8-4-6(2-3-10)7(9)5-11-8/h4-5H,2H2,1H3. The highest BCUT2D eigenvalue weighted by molar-refractivity contribution is 6.31. The normalized spacial score (nSPS) is 9.08. The topological polar surface area (TPSA) is 45.9 Å². The fraction of sp³-hybridized carbons (Fsp3) is 0.250. The van der Waals surface area contributed by atoms with Crippen molar-refractivity contribution in [1.29, 1.82) is 5.26 Å². The molecule has 0 atom stereocenters. The molecule has 0 saturated carbocycles. The van der Waals surface area contributed by atoms with Crippen LogP contribution in [0.3, 0.4) is 0 Å². The van der Waals surface area contributed by atoms with Gasteiger partial charge in [-0.3, -0.25) is 0 Å². The summed E-state index contributed by atoms with van der Waals surface area (Å²) in [5.41, 5.74) is 0.742. The van der Waals surface area contributed by atoms with Crippen LogP contribution in [0, 0.1) is 11.3 Å². The lowest BCUT2D eigenvalue weighted by Crippen LogP contribution is -1.90. The van der Waals surface area contributed by atoms with E-state index in [1.165, 1.54) is 13.3 Å². The van der Waals surface area contributed by atoms with Gasteiger partial charge >= 0.3 is 0 Å². The maximum absolute atomic E-state index is 8.44. The lowest BCUT2D eigenvalue weighted by Gasteiger charge is -2.01. The van der Waals surface area contributed by atoms with Gasteiger partial charge in [-0.05, 0) is 5.56 Å². The maximum Gasteiger partial charge on any atom is 0.213 e. The SMILES string of the molecule is COc1cc(CC#N)c(Cl)cn1. The lowest BCUT2D eigenvalue weighted by molar-refractivity contribution is 0.397. The molecule has 0 saturated heterocycles. The molecule has 0 aliphatic carbocycles. The molecule has 1 rings (SSSR count). The Kier molecular flexibility index (Phi) is 2.89. The van der Waals surface area contributed by atoms with Crippen LogP contribution in [0.4, 0.5) is 0 Å². The third-order valence-corrected chi connectivity index (χ3v) is 1.73. The van der Waals surface area contributed by atoms with Crippen LogP contribution in [0.2, 0.25) is 5.02 Å². The Morgan fingerprint density at radius 1 is 1.75 bits per heavy atom. The van der Waals surface area contributed by atoms with Gasteiger partial charge < -0.3 is 4.74 Å². The molecule has 0 fully saturated rings. The molecule has 1 aromatic rings. The number of rotatable bonds is 2. The smallest absolute Gasteiger partial charge is 0.213 e. The second kappa shape index (κ2) is 3.93. The summed E-state index contributed by atoms with van der Waals surface area (Å²) in [6.45, 7) is 0. The first-order valence-corrected chi connectivity index (χ1v) is 3.71. The summed E-state index contributed by atoms with van der Waals surface area (Å²) in [6.07, 6.45) is 1.75. The molecule has 0 N–H and O–H groups in total. The molecule has 0 amide bonds. The van der Waals surface area contributed by atoms with Crippen molar-refractivity contribution < 1.29 is 4.74 Å². The molecule has 0 aliphatic heterocycles. The van der Waals surface area contributed by atoms with Gasteiger partial charge in [-0.15, -0.1) is 0 Å². The molecule has 0 aliphatic rings. The Balaban J connectivity index is 3.01. The highest BCUT2D eigenvalue weighted by Gasteiger charge is 2.02. The van der Waals surface area contributed by atoms with Crippen molar-refractivity contribution in [1.82, 2.24) is 4.98 Å². The fourth-order valence-corrected chi connectivity index (χ4v) is 0.961. The third kappa shape index (κ3) is 1.86. The molecule has 1 aromatic heterocycles. The Labute approximate surface area is 75.6 Å². The zero-order valence-electron chi connectivity index (χ0n) is 6.54.